The third kappa shape index (κ3) is 5.57. The van der Waals surface area contributed by atoms with E-state index in [-0.39, 0.29) is 12.5 Å². The van der Waals surface area contributed by atoms with Crippen molar-refractivity contribution in [3.8, 4) is 0 Å². The molecule has 1 aliphatic heterocycles. The standard InChI is InChI=1S/C13H25N3O3/c1-11-5-4-6-15(11)9-12(17)16(10-13(18)19)8-7-14(2)3/h11H,4-10H2,1-3H3,(H,18,19)/t11-/m1/s1. The van der Waals surface area contributed by atoms with Crippen LogP contribution in [-0.4, -0.2) is 84.5 Å². The quantitative estimate of drug-likeness (QED) is 0.703. The highest BCUT2D eigenvalue weighted by atomic mass is 16.4. The number of aliphatic carboxylic acids is 1. The topological polar surface area (TPSA) is 64.1 Å². The molecule has 0 saturated carbocycles. The number of amides is 1. The van der Waals surface area contributed by atoms with Gasteiger partial charge in [0.05, 0.1) is 6.54 Å². The second-order valence-electron chi connectivity index (χ2n) is 5.47. The minimum atomic E-state index is -0.957. The van der Waals surface area contributed by atoms with Crippen molar-refractivity contribution in [1.82, 2.24) is 14.7 Å². The molecule has 1 amide bonds. The zero-order valence-electron chi connectivity index (χ0n) is 12.1. The van der Waals surface area contributed by atoms with Crippen LogP contribution in [0.25, 0.3) is 0 Å². The Morgan fingerprint density at radius 2 is 2.00 bits per heavy atom. The van der Waals surface area contributed by atoms with Crippen LogP contribution in [-0.2, 0) is 9.59 Å². The summed E-state index contributed by atoms with van der Waals surface area (Å²) in [4.78, 5) is 28.5. The molecular formula is C13H25N3O3. The van der Waals surface area contributed by atoms with E-state index in [1.54, 1.807) is 0 Å². The van der Waals surface area contributed by atoms with Crippen molar-refractivity contribution < 1.29 is 14.7 Å². The number of likely N-dealkylation sites (tertiary alicyclic amines) is 1. The van der Waals surface area contributed by atoms with Crippen LogP contribution in [0.1, 0.15) is 19.8 Å². The normalized spacial score (nSPS) is 19.9. The van der Waals surface area contributed by atoms with E-state index in [9.17, 15) is 9.59 Å². The minimum absolute atomic E-state index is 0.0852. The van der Waals surface area contributed by atoms with Gasteiger partial charge in [-0.2, -0.15) is 0 Å². The van der Waals surface area contributed by atoms with Crippen molar-refractivity contribution >= 4 is 11.9 Å². The van der Waals surface area contributed by atoms with E-state index in [1.807, 2.05) is 19.0 Å². The van der Waals surface area contributed by atoms with E-state index >= 15 is 0 Å². The molecule has 0 aliphatic carbocycles. The molecule has 19 heavy (non-hydrogen) atoms. The summed E-state index contributed by atoms with van der Waals surface area (Å²) >= 11 is 0. The molecule has 0 unspecified atom stereocenters. The van der Waals surface area contributed by atoms with Crippen molar-refractivity contribution in [2.75, 3.05) is 46.8 Å². The van der Waals surface area contributed by atoms with Gasteiger partial charge in [0, 0.05) is 19.1 Å². The van der Waals surface area contributed by atoms with Crippen LogP contribution in [0.5, 0.6) is 0 Å². The maximum Gasteiger partial charge on any atom is 0.323 e. The zero-order valence-corrected chi connectivity index (χ0v) is 12.1. The molecule has 6 nitrogen and oxygen atoms in total. The van der Waals surface area contributed by atoms with Gasteiger partial charge in [0.15, 0.2) is 0 Å². The smallest absolute Gasteiger partial charge is 0.323 e. The lowest BCUT2D eigenvalue weighted by Gasteiger charge is -2.27. The highest BCUT2D eigenvalue weighted by Crippen LogP contribution is 2.15. The first-order chi connectivity index (χ1) is 8.90. The van der Waals surface area contributed by atoms with E-state index < -0.39 is 5.97 Å². The molecule has 1 N–H and O–H groups in total. The van der Waals surface area contributed by atoms with Crippen LogP contribution >= 0.6 is 0 Å². The van der Waals surface area contributed by atoms with Gasteiger partial charge in [0.25, 0.3) is 0 Å². The molecule has 0 aromatic carbocycles. The number of rotatable bonds is 7. The number of nitrogens with zero attached hydrogens (tertiary/aromatic N) is 3. The lowest BCUT2D eigenvalue weighted by molar-refractivity contribution is -0.145. The van der Waals surface area contributed by atoms with Crippen molar-refractivity contribution in [2.45, 2.75) is 25.8 Å². The molecule has 0 bridgehead atoms. The number of hydrogen-bond acceptors (Lipinski definition) is 4. The van der Waals surface area contributed by atoms with Crippen molar-refractivity contribution in [3.63, 3.8) is 0 Å². The van der Waals surface area contributed by atoms with Gasteiger partial charge in [-0.15, -0.1) is 0 Å². The van der Waals surface area contributed by atoms with Gasteiger partial charge in [0.1, 0.15) is 6.54 Å². The second-order valence-corrected chi connectivity index (χ2v) is 5.47. The molecule has 0 radical (unpaired) electrons. The number of hydrogen-bond donors (Lipinski definition) is 1. The molecule has 0 aromatic rings. The first-order valence-electron chi connectivity index (χ1n) is 6.78. The maximum absolute atomic E-state index is 12.2. The van der Waals surface area contributed by atoms with Crippen molar-refractivity contribution in [1.29, 1.82) is 0 Å². The van der Waals surface area contributed by atoms with Gasteiger partial charge >= 0.3 is 5.97 Å². The van der Waals surface area contributed by atoms with E-state index in [1.165, 1.54) is 4.90 Å². The second kappa shape index (κ2) is 7.45. The molecule has 0 spiro atoms. The fourth-order valence-corrected chi connectivity index (χ4v) is 2.28. The van der Waals surface area contributed by atoms with Gasteiger partial charge in [-0.25, -0.2) is 0 Å². The Bertz CT molecular complexity index is 320. The molecule has 1 aliphatic rings. The van der Waals surface area contributed by atoms with Crippen LogP contribution < -0.4 is 0 Å². The number of carboxylic acids is 1. The van der Waals surface area contributed by atoms with Gasteiger partial charge in [-0.05, 0) is 40.4 Å². The molecule has 1 heterocycles. The van der Waals surface area contributed by atoms with Crippen LogP contribution in [0, 0.1) is 0 Å². The van der Waals surface area contributed by atoms with Crippen molar-refractivity contribution in [2.24, 2.45) is 0 Å². The summed E-state index contributed by atoms with van der Waals surface area (Å²) in [5.74, 6) is -1.04. The summed E-state index contributed by atoms with van der Waals surface area (Å²) in [7, 11) is 3.82. The van der Waals surface area contributed by atoms with Gasteiger partial charge in [-0.3, -0.25) is 14.5 Å². The zero-order chi connectivity index (χ0) is 14.4. The Morgan fingerprint density at radius 1 is 1.32 bits per heavy atom. The number of carbonyl (C=O) groups is 2. The van der Waals surface area contributed by atoms with Gasteiger partial charge in [-0.1, -0.05) is 0 Å². The highest BCUT2D eigenvalue weighted by molar-refractivity contribution is 5.82. The predicted octanol–water partition coefficient (Wildman–Crippen LogP) is -0.0545. The lowest BCUT2D eigenvalue weighted by Crippen LogP contribution is -2.45. The fraction of sp³-hybridized carbons (Fsp3) is 0.846. The van der Waals surface area contributed by atoms with E-state index in [2.05, 4.69) is 11.8 Å². The summed E-state index contributed by atoms with van der Waals surface area (Å²) in [5.41, 5.74) is 0. The molecule has 6 heteroatoms. The molecule has 1 fully saturated rings. The van der Waals surface area contributed by atoms with E-state index in [4.69, 9.17) is 5.11 Å². The summed E-state index contributed by atoms with van der Waals surface area (Å²) in [6.07, 6.45) is 2.23. The average molecular weight is 271 g/mol. The van der Waals surface area contributed by atoms with Crippen molar-refractivity contribution in [3.05, 3.63) is 0 Å². The van der Waals surface area contributed by atoms with Gasteiger partial charge < -0.3 is 14.9 Å². The third-order valence-electron chi connectivity index (χ3n) is 3.52. The Kier molecular flexibility index (Phi) is 6.24. The summed E-state index contributed by atoms with van der Waals surface area (Å²) in [6.45, 7) is 4.30. The summed E-state index contributed by atoms with van der Waals surface area (Å²) in [6, 6.07) is 0.421. The minimum Gasteiger partial charge on any atom is -0.480 e. The first kappa shape index (κ1) is 15.9. The summed E-state index contributed by atoms with van der Waals surface area (Å²) < 4.78 is 0. The first-order valence-corrected chi connectivity index (χ1v) is 6.78. The molecule has 1 rings (SSSR count). The van der Waals surface area contributed by atoms with Crippen LogP contribution in [0.2, 0.25) is 0 Å². The highest BCUT2D eigenvalue weighted by Gasteiger charge is 2.25. The SMILES string of the molecule is C[C@@H]1CCCN1CC(=O)N(CCN(C)C)CC(=O)O. The Hall–Kier alpha value is -1.14. The summed E-state index contributed by atoms with van der Waals surface area (Å²) in [5, 5.41) is 8.89. The van der Waals surface area contributed by atoms with Crippen LogP contribution in [0.3, 0.4) is 0 Å². The van der Waals surface area contributed by atoms with Gasteiger partial charge in [0.2, 0.25) is 5.91 Å². The third-order valence-corrected chi connectivity index (χ3v) is 3.52. The number of carbonyl (C=O) groups excluding carboxylic acids is 1. The Balaban J connectivity index is 2.52. The number of likely N-dealkylation sites (N-methyl/N-ethyl adjacent to an activating group) is 1. The molecular weight excluding hydrogens is 246 g/mol. The average Bonchev–Trinajstić information content (AvgIpc) is 2.69. The van der Waals surface area contributed by atoms with E-state index in [0.717, 1.165) is 19.4 Å². The monoisotopic (exact) mass is 271 g/mol. The van der Waals surface area contributed by atoms with Crippen LogP contribution in [0.15, 0.2) is 0 Å². The Labute approximate surface area is 115 Å². The molecule has 110 valence electrons. The fourth-order valence-electron chi connectivity index (χ4n) is 2.28. The van der Waals surface area contributed by atoms with Crippen LogP contribution in [0.4, 0.5) is 0 Å². The Morgan fingerprint density at radius 3 is 2.47 bits per heavy atom. The molecule has 0 aromatic heterocycles. The predicted molar refractivity (Wildman–Crippen MR) is 73.0 cm³/mol. The van der Waals surface area contributed by atoms with E-state index in [0.29, 0.717) is 25.7 Å². The number of carboxylic acid groups (broad SMARTS) is 1. The lowest BCUT2D eigenvalue weighted by atomic mass is 10.2. The molecule has 1 atom stereocenters. The molecule has 1 saturated heterocycles. The largest absolute Gasteiger partial charge is 0.480 e. The maximum atomic E-state index is 12.2.